The Hall–Kier alpha value is -3.84. The van der Waals surface area contributed by atoms with Gasteiger partial charge >= 0.3 is 0 Å². The van der Waals surface area contributed by atoms with E-state index in [0.29, 0.717) is 5.69 Å². The lowest BCUT2D eigenvalue weighted by atomic mass is 10.0. The van der Waals surface area contributed by atoms with Crippen LogP contribution in [0, 0.1) is 5.82 Å². The minimum Gasteiger partial charge on any atom is -0.363 e. The maximum atomic E-state index is 14.0. The number of aromatic nitrogens is 2. The number of anilines is 2. The number of benzene rings is 3. The van der Waals surface area contributed by atoms with Gasteiger partial charge in [-0.25, -0.2) is 14.4 Å². The van der Waals surface area contributed by atoms with E-state index in [9.17, 15) is 9.18 Å². The second-order valence-corrected chi connectivity index (χ2v) is 8.09. The molecule has 1 heterocycles. The summed E-state index contributed by atoms with van der Waals surface area (Å²) < 4.78 is 14.0. The lowest BCUT2D eigenvalue weighted by Gasteiger charge is -2.23. The van der Waals surface area contributed by atoms with Crippen molar-refractivity contribution in [3.8, 4) is 0 Å². The molecule has 1 aromatic heterocycles. The van der Waals surface area contributed by atoms with Gasteiger partial charge in [0.1, 0.15) is 18.0 Å². The molecule has 1 amide bonds. The molecule has 6 nitrogen and oxygen atoms in total. The number of hydrogen-bond acceptors (Lipinski definition) is 5. The molecule has 168 valence electrons. The molecular weight excluding hydrogens is 417 g/mol. The van der Waals surface area contributed by atoms with Crippen molar-refractivity contribution in [3.63, 3.8) is 0 Å². The number of rotatable bonds is 8. The van der Waals surface area contributed by atoms with Gasteiger partial charge in [0.05, 0.1) is 17.1 Å². The van der Waals surface area contributed by atoms with E-state index in [1.807, 2.05) is 56.6 Å². The van der Waals surface area contributed by atoms with Crippen molar-refractivity contribution in [1.82, 2.24) is 14.9 Å². The zero-order valence-corrected chi connectivity index (χ0v) is 18.6. The van der Waals surface area contributed by atoms with Crippen LogP contribution in [-0.4, -0.2) is 41.4 Å². The van der Waals surface area contributed by atoms with Gasteiger partial charge in [0.2, 0.25) is 0 Å². The molecule has 0 fully saturated rings. The Morgan fingerprint density at radius 2 is 1.79 bits per heavy atom. The largest absolute Gasteiger partial charge is 0.363 e. The van der Waals surface area contributed by atoms with Crippen LogP contribution < -0.4 is 10.6 Å². The summed E-state index contributed by atoms with van der Waals surface area (Å²) in [5.41, 5.74) is 2.47. The first-order chi connectivity index (χ1) is 16.0. The Morgan fingerprint density at radius 3 is 2.61 bits per heavy atom. The zero-order chi connectivity index (χ0) is 23.2. The summed E-state index contributed by atoms with van der Waals surface area (Å²) in [4.78, 5) is 23.5. The van der Waals surface area contributed by atoms with Gasteiger partial charge in [0.15, 0.2) is 0 Å². The molecule has 33 heavy (non-hydrogen) atoms. The molecule has 0 spiro atoms. The monoisotopic (exact) mass is 443 g/mol. The van der Waals surface area contributed by atoms with Crippen molar-refractivity contribution in [2.75, 3.05) is 31.3 Å². The highest BCUT2D eigenvalue weighted by atomic mass is 19.1. The number of nitrogens with one attached hydrogen (secondary N) is 2. The van der Waals surface area contributed by atoms with E-state index in [0.717, 1.165) is 35.2 Å². The fourth-order valence-electron chi connectivity index (χ4n) is 3.67. The summed E-state index contributed by atoms with van der Waals surface area (Å²) in [5, 5.41) is 7.32. The fourth-order valence-corrected chi connectivity index (χ4v) is 3.67. The van der Waals surface area contributed by atoms with E-state index in [1.165, 1.54) is 12.1 Å². The molecule has 0 saturated heterocycles. The maximum absolute atomic E-state index is 14.0. The highest BCUT2D eigenvalue weighted by Crippen LogP contribution is 2.28. The molecule has 0 radical (unpaired) electrons. The van der Waals surface area contributed by atoms with Crippen molar-refractivity contribution in [1.29, 1.82) is 0 Å². The predicted molar refractivity (Wildman–Crippen MR) is 130 cm³/mol. The molecular formula is C26H26FN5O. The lowest BCUT2D eigenvalue weighted by molar-refractivity contribution is 0.102. The number of fused-ring (bicyclic) bond motifs is 1. The van der Waals surface area contributed by atoms with Gasteiger partial charge in [-0.1, -0.05) is 36.4 Å². The first kappa shape index (κ1) is 22.4. The summed E-state index contributed by atoms with van der Waals surface area (Å²) in [5.74, 6) is -0.276. The Morgan fingerprint density at radius 1 is 1.00 bits per heavy atom. The van der Waals surface area contributed by atoms with Crippen LogP contribution in [0.5, 0.6) is 0 Å². The van der Waals surface area contributed by atoms with Crippen LogP contribution in [0.3, 0.4) is 0 Å². The SMILES string of the molecule is CN(C)CCC(Nc1ncnc2ccccc12)c1cccc(NC(=O)c2ccccc2F)c1. The zero-order valence-electron chi connectivity index (χ0n) is 18.6. The first-order valence-corrected chi connectivity index (χ1v) is 10.8. The minimum atomic E-state index is -0.549. The van der Waals surface area contributed by atoms with E-state index in [-0.39, 0.29) is 11.6 Å². The molecule has 0 bridgehead atoms. The molecule has 2 N–H and O–H groups in total. The number of nitrogens with zero attached hydrogens (tertiary/aromatic N) is 3. The normalized spacial score (nSPS) is 12.0. The minimum absolute atomic E-state index is 0.0117. The molecule has 7 heteroatoms. The Balaban J connectivity index is 1.61. The molecule has 0 saturated carbocycles. The third-order valence-electron chi connectivity index (χ3n) is 5.38. The molecule has 4 rings (SSSR count). The van der Waals surface area contributed by atoms with E-state index >= 15 is 0 Å². The Labute approximate surface area is 192 Å². The summed E-state index contributed by atoms with van der Waals surface area (Å²) in [6, 6.07) is 21.3. The quantitative estimate of drug-likeness (QED) is 0.395. The van der Waals surface area contributed by atoms with Gasteiger partial charge in [-0.15, -0.1) is 0 Å². The smallest absolute Gasteiger partial charge is 0.258 e. The first-order valence-electron chi connectivity index (χ1n) is 10.8. The molecule has 0 aliphatic heterocycles. The summed E-state index contributed by atoms with van der Waals surface area (Å²) >= 11 is 0. The van der Waals surface area contributed by atoms with E-state index in [2.05, 4.69) is 25.5 Å². The van der Waals surface area contributed by atoms with Crippen LogP contribution in [0.2, 0.25) is 0 Å². The number of hydrogen-bond donors (Lipinski definition) is 2. The molecule has 1 unspecified atom stereocenters. The van der Waals surface area contributed by atoms with Crippen molar-refractivity contribution in [2.24, 2.45) is 0 Å². The summed E-state index contributed by atoms with van der Waals surface area (Å²) in [6.07, 6.45) is 2.37. The number of para-hydroxylation sites is 1. The van der Waals surface area contributed by atoms with Crippen molar-refractivity contribution in [2.45, 2.75) is 12.5 Å². The van der Waals surface area contributed by atoms with Crippen LogP contribution in [0.1, 0.15) is 28.4 Å². The molecule has 0 aliphatic rings. The predicted octanol–water partition coefficient (Wildman–Crippen LogP) is 5.13. The van der Waals surface area contributed by atoms with E-state index in [1.54, 1.807) is 24.5 Å². The van der Waals surface area contributed by atoms with Crippen LogP contribution >= 0.6 is 0 Å². The summed E-state index contributed by atoms with van der Waals surface area (Å²) in [7, 11) is 4.06. The number of amides is 1. The fraction of sp³-hybridized carbons (Fsp3) is 0.192. The lowest BCUT2D eigenvalue weighted by Crippen LogP contribution is -2.21. The van der Waals surface area contributed by atoms with Crippen LogP contribution in [0.15, 0.2) is 79.1 Å². The average molecular weight is 444 g/mol. The number of carbonyl (C=O) groups excluding carboxylic acids is 1. The second kappa shape index (κ2) is 10.2. The van der Waals surface area contributed by atoms with Gasteiger partial charge in [0, 0.05) is 11.1 Å². The Kier molecular flexibility index (Phi) is 6.90. The van der Waals surface area contributed by atoms with Crippen molar-refractivity contribution < 1.29 is 9.18 Å². The Bertz CT molecular complexity index is 1250. The molecule has 0 aliphatic carbocycles. The van der Waals surface area contributed by atoms with Gasteiger partial charge in [0.25, 0.3) is 5.91 Å². The highest BCUT2D eigenvalue weighted by Gasteiger charge is 2.16. The van der Waals surface area contributed by atoms with Gasteiger partial charge in [-0.05, 0) is 69.0 Å². The third-order valence-corrected chi connectivity index (χ3v) is 5.38. The van der Waals surface area contributed by atoms with Crippen molar-refractivity contribution >= 4 is 28.3 Å². The molecule has 1 atom stereocenters. The van der Waals surface area contributed by atoms with E-state index in [4.69, 9.17) is 0 Å². The second-order valence-electron chi connectivity index (χ2n) is 8.09. The molecule has 3 aromatic carbocycles. The average Bonchev–Trinajstić information content (AvgIpc) is 2.82. The van der Waals surface area contributed by atoms with Gasteiger partial charge < -0.3 is 15.5 Å². The number of halogens is 1. The van der Waals surface area contributed by atoms with Crippen LogP contribution in [0.4, 0.5) is 15.9 Å². The maximum Gasteiger partial charge on any atom is 0.258 e. The van der Waals surface area contributed by atoms with Gasteiger partial charge in [-0.3, -0.25) is 4.79 Å². The summed E-state index contributed by atoms with van der Waals surface area (Å²) in [6.45, 7) is 0.854. The van der Waals surface area contributed by atoms with E-state index < -0.39 is 11.7 Å². The third kappa shape index (κ3) is 5.51. The van der Waals surface area contributed by atoms with Gasteiger partial charge in [-0.2, -0.15) is 0 Å². The van der Waals surface area contributed by atoms with Crippen LogP contribution in [-0.2, 0) is 0 Å². The standard InChI is InChI=1S/C26H26FN5O/c1-32(2)15-14-23(31-25-21-11-4-6-13-24(21)28-17-29-25)18-8-7-9-19(16-18)30-26(33)20-10-3-5-12-22(20)27/h3-13,16-17,23H,14-15H2,1-2H3,(H,30,33)(H,28,29,31). The van der Waals surface area contributed by atoms with Crippen LogP contribution in [0.25, 0.3) is 10.9 Å². The van der Waals surface area contributed by atoms with Crippen molar-refractivity contribution in [3.05, 3.63) is 96.1 Å². The number of carbonyl (C=O) groups is 1. The topological polar surface area (TPSA) is 70.2 Å². The highest BCUT2D eigenvalue weighted by molar-refractivity contribution is 6.04. The molecule has 4 aromatic rings.